The van der Waals surface area contributed by atoms with Crippen LogP contribution in [0, 0.1) is 19.8 Å². The van der Waals surface area contributed by atoms with E-state index in [2.05, 4.69) is 63.4 Å². The number of hydrogen-bond donors (Lipinski definition) is 2. The molecule has 0 bridgehead atoms. The van der Waals surface area contributed by atoms with Gasteiger partial charge in [-0.2, -0.15) is 4.98 Å². The first-order valence-electron chi connectivity index (χ1n) is 7.07. The van der Waals surface area contributed by atoms with Crippen molar-refractivity contribution in [2.24, 2.45) is 5.92 Å². The van der Waals surface area contributed by atoms with Crippen LogP contribution in [-0.2, 0) is 0 Å². The number of benzene rings is 1. The molecule has 0 amide bonds. The molecule has 0 unspecified atom stereocenters. The Morgan fingerprint density at radius 1 is 1.14 bits per heavy atom. The summed E-state index contributed by atoms with van der Waals surface area (Å²) in [7, 11) is 0. The zero-order chi connectivity index (χ0) is 15.4. The lowest BCUT2D eigenvalue weighted by atomic mass is 10.2. The van der Waals surface area contributed by atoms with E-state index in [9.17, 15) is 0 Å². The normalized spacial score (nSPS) is 10.8. The number of anilines is 3. The average Bonchev–Trinajstić information content (AvgIpc) is 2.39. The number of rotatable bonds is 5. The molecule has 1 aromatic heterocycles. The SMILES string of the molecule is Cc1cc(NCC(C)C)nc(Nc2ccc(Br)cc2C)n1. The predicted octanol–water partition coefficient (Wildman–Crippen LogP) is 4.67. The minimum atomic E-state index is 0.574. The van der Waals surface area contributed by atoms with Crippen LogP contribution in [0.4, 0.5) is 17.5 Å². The first kappa shape index (κ1) is 15.8. The van der Waals surface area contributed by atoms with Gasteiger partial charge in [0, 0.05) is 28.5 Å². The van der Waals surface area contributed by atoms with Crippen molar-refractivity contribution in [1.29, 1.82) is 0 Å². The molecule has 2 N–H and O–H groups in total. The van der Waals surface area contributed by atoms with E-state index in [1.165, 1.54) is 0 Å². The van der Waals surface area contributed by atoms with Gasteiger partial charge in [-0.3, -0.25) is 0 Å². The molecule has 0 radical (unpaired) electrons. The maximum atomic E-state index is 4.52. The van der Waals surface area contributed by atoms with Gasteiger partial charge in [0.05, 0.1) is 0 Å². The third-order valence-electron chi connectivity index (χ3n) is 2.98. The van der Waals surface area contributed by atoms with E-state index in [-0.39, 0.29) is 0 Å². The molecule has 112 valence electrons. The van der Waals surface area contributed by atoms with Gasteiger partial charge in [0.25, 0.3) is 0 Å². The molecule has 0 atom stereocenters. The molecular weight excluding hydrogens is 328 g/mol. The topological polar surface area (TPSA) is 49.8 Å². The van der Waals surface area contributed by atoms with E-state index in [1.54, 1.807) is 0 Å². The van der Waals surface area contributed by atoms with E-state index in [4.69, 9.17) is 0 Å². The third-order valence-corrected chi connectivity index (χ3v) is 3.47. The van der Waals surface area contributed by atoms with Crippen molar-refractivity contribution < 1.29 is 0 Å². The van der Waals surface area contributed by atoms with Crippen LogP contribution in [0.1, 0.15) is 25.1 Å². The van der Waals surface area contributed by atoms with Crippen molar-refractivity contribution in [2.75, 3.05) is 17.2 Å². The van der Waals surface area contributed by atoms with Gasteiger partial charge in [-0.25, -0.2) is 4.98 Å². The maximum Gasteiger partial charge on any atom is 0.229 e. The standard InChI is InChI=1S/C16H21BrN4/c1-10(2)9-18-15-8-12(4)19-16(21-15)20-14-6-5-13(17)7-11(14)3/h5-8,10H,9H2,1-4H3,(H2,18,19,20,21). The monoisotopic (exact) mass is 348 g/mol. The molecule has 1 heterocycles. The number of nitrogens with zero attached hydrogens (tertiary/aromatic N) is 2. The largest absolute Gasteiger partial charge is 0.370 e. The van der Waals surface area contributed by atoms with E-state index in [0.717, 1.165) is 33.8 Å². The van der Waals surface area contributed by atoms with E-state index >= 15 is 0 Å². The molecule has 0 fully saturated rings. The molecule has 2 aromatic rings. The zero-order valence-electron chi connectivity index (χ0n) is 12.9. The Bertz CT molecular complexity index is 626. The Hall–Kier alpha value is -1.62. The minimum absolute atomic E-state index is 0.574. The summed E-state index contributed by atoms with van der Waals surface area (Å²) in [6, 6.07) is 8.05. The van der Waals surface area contributed by atoms with Crippen LogP contribution < -0.4 is 10.6 Å². The Morgan fingerprint density at radius 2 is 1.90 bits per heavy atom. The fraction of sp³-hybridized carbons (Fsp3) is 0.375. The highest BCUT2D eigenvalue weighted by molar-refractivity contribution is 9.10. The predicted molar refractivity (Wildman–Crippen MR) is 92.3 cm³/mol. The number of aryl methyl sites for hydroxylation is 2. The Balaban J connectivity index is 2.19. The van der Waals surface area contributed by atoms with Gasteiger partial charge >= 0.3 is 0 Å². The lowest BCUT2D eigenvalue weighted by Gasteiger charge is -2.12. The molecule has 5 heteroatoms. The zero-order valence-corrected chi connectivity index (χ0v) is 14.5. The fourth-order valence-corrected chi connectivity index (χ4v) is 2.39. The summed E-state index contributed by atoms with van der Waals surface area (Å²) in [5.41, 5.74) is 3.10. The number of hydrogen-bond acceptors (Lipinski definition) is 4. The van der Waals surface area contributed by atoms with Crippen molar-refractivity contribution in [3.8, 4) is 0 Å². The summed E-state index contributed by atoms with van der Waals surface area (Å²) in [6.45, 7) is 9.27. The molecule has 2 rings (SSSR count). The molecule has 0 aliphatic carbocycles. The van der Waals surface area contributed by atoms with Gasteiger partial charge < -0.3 is 10.6 Å². The Labute approximate surface area is 134 Å². The van der Waals surface area contributed by atoms with Gasteiger partial charge in [0.1, 0.15) is 5.82 Å². The molecule has 1 aromatic carbocycles. The molecule has 0 aliphatic heterocycles. The molecule has 0 aliphatic rings. The second kappa shape index (κ2) is 6.89. The molecule has 0 saturated carbocycles. The first-order chi connectivity index (χ1) is 9.94. The maximum absolute atomic E-state index is 4.52. The van der Waals surface area contributed by atoms with E-state index in [0.29, 0.717) is 11.9 Å². The molecule has 4 nitrogen and oxygen atoms in total. The quantitative estimate of drug-likeness (QED) is 0.824. The summed E-state index contributed by atoms with van der Waals surface area (Å²) in [5.74, 6) is 2.05. The number of nitrogens with one attached hydrogen (secondary N) is 2. The average molecular weight is 349 g/mol. The van der Waals surface area contributed by atoms with Crippen molar-refractivity contribution in [2.45, 2.75) is 27.7 Å². The lowest BCUT2D eigenvalue weighted by Crippen LogP contribution is -2.11. The van der Waals surface area contributed by atoms with Crippen molar-refractivity contribution in [3.05, 3.63) is 40.0 Å². The second-order valence-corrected chi connectivity index (χ2v) is 6.49. The Kier molecular flexibility index (Phi) is 5.17. The van der Waals surface area contributed by atoms with Gasteiger partial charge in [0.15, 0.2) is 0 Å². The third kappa shape index (κ3) is 4.70. The van der Waals surface area contributed by atoms with Crippen LogP contribution in [0.3, 0.4) is 0 Å². The highest BCUT2D eigenvalue weighted by Crippen LogP contribution is 2.23. The van der Waals surface area contributed by atoms with Gasteiger partial charge in [-0.1, -0.05) is 29.8 Å². The minimum Gasteiger partial charge on any atom is -0.370 e. The molecule has 0 spiro atoms. The van der Waals surface area contributed by atoms with Gasteiger partial charge in [0.2, 0.25) is 5.95 Å². The second-order valence-electron chi connectivity index (χ2n) is 5.58. The Morgan fingerprint density at radius 3 is 2.57 bits per heavy atom. The van der Waals surface area contributed by atoms with Crippen LogP contribution in [0.5, 0.6) is 0 Å². The van der Waals surface area contributed by atoms with Crippen LogP contribution in [0.25, 0.3) is 0 Å². The molecule has 0 saturated heterocycles. The smallest absolute Gasteiger partial charge is 0.229 e. The summed E-state index contributed by atoms with van der Waals surface area (Å²) in [4.78, 5) is 8.97. The summed E-state index contributed by atoms with van der Waals surface area (Å²) < 4.78 is 1.06. The van der Waals surface area contributed by atoms with Crippen LogP contribution >= 0.6 is 15.9 Å². The van der Waals surface area contributed by atoms with Crippen molar-refractivity contribution in [3.63, 3.8) is 0 Å². The summed E-state index contributed by atoms with van der Waals surface area (Å²) in [5, 5.41) is 6.62. The van der Waals surface area contributed by atoms with Crippen LogP contribution in [0.2, 0.25) is 0 Å². The van der Waals surface area contributed by atoms with E-state index in [1.807, 2.05) is 25.1 Å². The summed E-state index contributed by atoms with van der Waals surface area (Å²) in [6.07, 6.45) is 0. The van der Waals surface area contributed by atoms with Crippen LogP contribution in [0.15, 0.2) is 28.7 Å². The van der Waals surface area contributed by atoms with Crippen molar-refractivity contribution >= 4 is 33.4 Å². The highest BCUT2D eigenvalue weighted by Gasteiger charge is 2.05. The fourth-order valence-electron chi connectivity index (χ4n) is 1.91. The highest BCUT2D eigenvalue weighted by atomic mass is 79.9. The summed E-state index contributed by atoms with van der Waals surface area (Å²) >= 11 is 3.47. The molecule has 21 heavy (non-hydrogen) atoms. The number of aromatic nitrogens is 2. The van der Waals surface area contributed by atoms with Crippen molar-refractivity contribution in [1.82, 2.24) is 9.97 Å². The molecular formula is C16H21BrN4. The van der Waals surface area contributed by atoms with E-state index < -0.39 is 0 Å². The number of halogens is 1. The van der Waals surface area contributed by atoms with Crippen LogP contribution in [-0.4, -0.2) is 16.5 Å². The lowest BCUT2D eigenvalue weighted by molar-refractivity contribution is 0.687. The first-order valence-corrected chi connectivity index (χ1v) is 7.86. The van der Waals surface area contributed by atoms with Gasteiger partial charge in [-0.15, -0.1) is 0 Å². The van der Waals surface area contributed by atoms with Gasteiger partial charge in [-0.05, 0) is 43.5 Å².